The van der Waals surface area contributed by atoms with Gasteiger partial charge in [0, 0.05) is 18.1 Å². The van der Waals surface area contributed by atoms with Crippen molar-refractivity contribution < 1.29 is 4.74 Å². The van der Waals surface area contributed by atoms with Gasteiger partial charge in [-0.1, -0.05) is 34.1 Å². The minimum Gasteiger partial charge on any atom is -0.490 e. The van der Waals surface area contributed by atoms with Gasteiger partial charge in [0.05, 0.1) is 7.11 Å². The SMILES string of the molecule is COc1c(NN)ncnc1N(C)Cc1ccccc1Br. The van der Waals surface area contributed by atoms with Gasteiger partial charge in [-0.2, -0.15) is 0 Å². The van der Waals surface area contributed by atoms with Crippen LogP contribution in [-0.2, 0) is 6.54 Å². The van der Waals surface area contributed by atoms with Crippen LogP contribution in [-0.4, -0.2) is 24.1 Å². The lowest BCUT2D eigenvalue weighted by Crippen LogP contribution is -2.20. The van der Waals surface area contributed by atoms with Gasteiger partial charge in [0.1, 0.15) is 6.33 Å². The lowest BCUT2D eigenvalue weighted by atomic mass is 10.2. The van der Waals surface area contributed by atoms with Crippen LogP contribution in [0.1, 0.15) is 5.56 Å². The van der Waals surface area contributed by atoms with E-state index in [0.29, 0.717) is 23.9 Å². The molecule has 0 amide bonds. The number of nitrogens with one attached hydrogen (secondary N) is 1. The molecular weight excluding hydrogens is 322 g/mol. The molecule has 0 saturated heterocycles. The molecule has 1 aromatic heterocycles. The highest BCUT2D eigenvalue weighted by atomic mass is 79.9. The molecule has 3 N–H and O–H groups in total. The van der Waals surface area contributed by atoms with Crippen molar-refractivity contribution in [2.45, 2.75) is 6.54 Å². The van der Waals surface area contributed by atoms with Gasteiger partial charge in [-0.3, -0.25) is 0 Å². The van der Waals surface area contributed by atoms with Crippen LogP contribution in [0.25, 0.3) is 0 Å². The highest BCUT2D eigenvalue weighted by Crippen LogP contribution is 2.31. The molecule has 0 spiro atoms. The highest BCUT2D eigenvalue weighted by Gasteiger charge is 2.15. The number of anilines is 2. The quantitative estimate of drug-likeness (QED) is 0.643. The molecular formula is C13H16BrN5O. The number of aromatic nitrogens is 2. The van der Waals surface area contributed by atoms with Gasteiger partial charge in [0.25, 0.3) is 0 Å². The molecule has 0 atom stereocenters. The standard InChI is InChI=1S/C13H16BrN5O/c1-19(7-9-5-3-4-6-10(9)14)13-11(20-2)12(18-15)16-8-17-13/h3-6,8H,7,15H2,1-2H3,(H,16,17,18). The maximum absolute atomic E-state index is 5.43. The first-order chi connectivity index (χ1) is 9.67. The Morgan fingerprint density at radius 3 is 2.75 bits per heavy atom. The summed E-state index contributed by atoms with van der Waals surface area (Å²) in [4.78, 5) is 10.3. The number of nitrogens with two attached hydrogens (primary N) is 1. The van der Waals surface area contributed by atoms with Gasteiger partial charge in [-0.25, -0.2) is 15.8 Å². The molecule has 0 aliphatic heterocycles. The molecule has 2 rings (SSSR count). The Hall–Kier alpha value is -1.86. The number of ether oxygens (including phenoxy) is 1. The molecule has 0 aliphatic rings. The fourth-order valence-electron chi connectivity index (χ4n) is 1.88. The number of rotatable bonds is 5. The molecule has 6 nitrogen and oxygen atoms in total. The predicted molar refractivity (Wildman–Crippen MR) is 82.6 cm³/mol. The Morgan fingerprint density at radius 1 is 1.35 bits per heavy atom. The number of hydrogen-bond acceptors (Lipinski definition) is 6. The van der Waals surface area contributed by atoms with E-state index < -0.39 is 0 Å². The molecule has 1 aromatic carbocycles. The lowest BCUT2D eigenvalue weighted by Gasteiger charge is -2.21. The molecule has 0 aliphatic carbocycles. The average Bonchev–Trinajstić information content (AvgIpc) is 2.48. The van der Waals surface area contributed by atoms with E-state index in [4.69, 9.17) is 10.6 Å². The Balaban J connectivity index is 2.30. The summed E-state index contributed by atoms with van der Waals surface area (Å²) in [6, 6.07) is 8.04. The van der Waals surface area contributed by atoms with E-state index >= 15 is 0 Å². The average molecular weight is 338 g/mol. The summed E-state index contributed by atoms with van der Waals surface area (Å²) in [5.41, 5.74) is 3.66. The van der Waals surface area contributed by atoms with Gasteiger partial charge in [-0.05, 0) is 11.6 Å². The third-order valence-corrected chi connectivity index (χ3v) is 3.63. The lowest BCUT2D eigenvalue weighted by molar-refractivity contribution is 0.412. The maximum atomic E-state index is 5.43. The molecule has 0 radical (unpaired) electrons. The first kappa shape index (κ1) is 14.5. The molecule has 0 bridgehead atoms. The zero-order valence-corrected chi connectivity index (χ0v) is 12.9. The van der Waals surface area contributed by atoms with Crippen LogP contribution in [0.5, 0.6) is 5.75 Å². The predicted octanol–water partition coefficient (Wildman–Crippen LogP) is 2.17. The number of nitrogens with zero attached hydrogens (tertiary/aromatic N) is 3. The van der Waals surface area contributed by atoms with E-state index in [2.05, 4.69) is 37.4 Å². The first-order valence-corrected chi connectivity index (χ1v) is 6.76. The molecule has 20 heavy (non-hydrogen) atoms. The van der Waals surface area contributed by atoms with Gasteiger partial charge in [-0.15, -0.1) is 0 Å². The molecule has 7 heteroatoms. The monoisotopic (exact) mass is 337 g/mol. The van der Waals surface area contributed by atoms with Gasteiger partial charge < -0.3 is 15.1 Å². The minimum atomic E-state index is 0.455. The molecule has 0 unspecified atom stereocenters. The number of benzene rings is 1. The van der Waals surface area contributed by atoms with Crippen molar-refractivity contribution >= 4 is 27.6 Å². The number of hydrazine groups is 1. The van der Waals surface area contributed by atoms with Crippen molar-refractivity contribution in [3.63, 3.8) is 0 Å². The van der Waals surface area contributed by atoms with Crippen molar-refractivity contribution in [2.75, 3.05) is 24.5 Å². The van der Waals surface area contributed by atoms with Gasteiger partial charge in [0.2, 0.25) is 5.75 Å². The number of hydrogen-bond donors (Lipinski definition) is 2. The molecule has 0 saturated carbocycles. The van der Waals surface area contributed by atoms with E-state index in [0.717, 1.165) is 10.0 Å². The summed E-state index contributed by atoms with van der Waals surface area (Å²) in [5, 5.41) is 0. The zero-order valence-electron chi connectivity index (χ0n) is 11.3. The Bertz CT molecular complexity index is 593. The Morgan fingerprint density at radius 2 is 2.10 bits per heavy atom. The number of nitrogen functional groups attached to an aromatic ring is 1. The smallest absolute Gasteiger partial charge is 0.205 e. The second-order valence-electron chi connectivity index (χ2n) is 4.17. The fraction of sp³-hybridized carbons (Fsp3) is 0.231. The second kappa shape index (κ2) is 6.53. The molecule has 106 valence electrons. The summed E-state index contributed by atoms with van der Waals surface area (Å²) >= 11 is 3.54. The Kier molecular flexibility index (Phi) is 4.75. The second-order valence-corrected chi connectivity index (χ2v) is 5.03. The van der Waals surface area contributed by atoms with Crippen molar-refractivity contribution in [3.8, 4) is 5.75 Å². The van der Waals surface area contributed by atoms with E-state index in [1.807, 2.05) is 30.1 Å². The van der Waals surface area contributed by atoms with Crippen molar-refractivity contribution in [1.82, 2.24) is 9.97 Å². The summed E-state index contributed by atoms with van der Waals surface area (Å²) in [5.74, 6) is 7.07. The van der Waals surface area contributed by atoms with Crippen LogP contribution in [0.3, 0.4) is 0 Å². The number of methoxy groups -OCH3 is 1. The number of halogens is 1. The van der Waals surface area contributed by atoms with E-state index in [-0.39, 0.29) is 0 Å². The van der Waals surface area contributed by atoms with Crippen molar-refractivity contribution in [2.24, 2.45) is 5.84 Å². The summed E-state index contributed by atoms with van der Waals surface area (Å²) in [7, 11) is 3.50. The van der Waals surface area contributed by atoms with E-state index in [1.165, 1.54) is 6.33 Å². The largest absolute Gasteiger partial charge is 0.490 e. The third-order valence-electron chi connectivity index (χ3n) is 2.85. The van der Waals surface area contributed by atoms with Crippen LogP contribution in [0.15, 0.2) is 35.1 Å². The molecule has 1 heterocycles. The van der Waals surface area contributed by atoms with Crippen LogP contribution < -0.4 is 20.9 Å². The van der Waals surface area contributed by atoms with Crippen molar-refractivity contribution in [1.29, 1.82) is 0 Å². The summed E-state index contributed by atoms with van der Waals surface area (Å²) in [6.45, 7) is 0.679. The summed E-state index contributed by atoms with van der Waals surface area (Å²) in [6.07, 6.45) is 1.45. The zero-order chi connectivity index (χ0) is 14.5. The topological polar surface area (TPSA) is 76.3 Å². The fourth-order valence-corrected chi connectivity index (χ4v) is 2.29. The normalized spacial score (nSPS) is 10.2. The minimum absolute atomic E-state index is 0.455. The van der Waals surface area contributed by atoms with Crippen LogP contribution in [0.4, 0.5) is 11.6 Å². The van der Waals surface area contributed by atoms with Crippen LogP contribution in [0, 0.1) is 0 Å². The van der Waals surface area contributed by atoms with Gasteiger partial charge in [0.15, 0.2) is 11.6 Å². The van der Waals surface area contributed by atoms with E-state index in [9.17, 15) is 0 Å². The van der Waals surface area contributed by atoms with Crippen LogP contribution in [0.2, 0.25) is 0 Å². The van der Waals surface area contributed by atoms with Gasteiger partial charge >= 0.3 is 0 Å². The molecule has 2 aromatic rings. The third kappa shape index (κ3) is 3.00. The Labute approximate surface area is 126 Å². The van der Waals surface area contributed by atoms with E-state index in [1.54, 1.807) is 7.11 Å². The molecule has 0 fully saturated rings. The maximum Gasteiger partial charge on any atom is 0.205 e. The van der Waals surface area contributed by atoms with Crippen LogP contribution >= 0.6 is 15.9 Å². The highest BCUT2D eigenvalue weighted by molar-refractivity contribution is 9.10. The van der Waals surface area contributed by atoms with Crippen molar-refractivity contribution in [3.05, 3.63) is 40.6 Å². The summed E-state index contributed by atoms with van der Waals surface area (Å²) < 4.78 is 6.39. The first-order valence-electron chi connectivity index (χ1n) is 5.97.